The van der Waals surface area contributed by atoms with Gasteiger partial charge in [-0.3, -0.25) is 14.4 Å². The van der Waals surface area contributed by atoms with Crippen LogP contribution in [0.15, 0.2) is 55.6 Å². The van der Waals surface area contributed by atoms with Crippen LogP contribution in [0.1, 0.15) is 45.6 Å². The lowest BCUT2D eigenvalue weighted by Crippen LogP contribution is -2.58. The lowest BCUT2D eigenvalue weighted by molar-refractivity contribution is -0.145. The van der Waals surface area contributed by atoms with E-state index in [9.17, 15) is 19.5 Å². The second-order valence-corrected chi connectivity index (χ2v) is 12.9. The lowest BCUT2D eigenvalue weighted by atomic mass is 9.65. The summed E-state index contributed by atoms with van der Waals surface area (Å²) in [5.41, 5.74) is 1.03. The Hall–Kier alpha value is -2.58. The van der Waals surface area contributed by atoms with Gasteiger partial charge >= 0.3 is 0 Å². The number of rotatable bonds is 13. The molecule has 3 aliphatic rings. The van der Waals surface area contributed by atoms with Crippen molar-refractivity contribution in [3.63, 3.8) is 0 Å². The van der Waals surface area contributed by atoms with Crippen LogP contribution < -0.4 is 0 Å². The molecule has 1 aromatic rings. The van der Waals surface area contributed by atoms with Crippen LogP contribution in [-0.2, 0) is 20.9 Å². The number of benzene rings is 1. The van der Waals surface area contributed by atoms with Gasteiger partial charge < -0.3 is 19.8 Å². The van der Waals surface area contributed by atoms with Crippen molar-refractivity contribution in [3.8, 4) is 0 Å². The molecule has 3 heterocycles. The number of likely N-dealkylation sites (tertiary alicyclic amines) is 1. The highest BCUT2D eigenvalue weighted by Crippen LogP contribution is 2.69. The van der Waals surface area contributed by atoms with Gasteiger partial charge in [-0.05, 0) is 44.6 Å². The fourth-order valence-electron chi connectivity index (χ4n) is 6.97. The summed E-state index contributed by atoms with van der Waals surface area (Å²) in [6.07, 6.45) is 5.43. The molecule has 1 N–H and O–H groups in total. The molecule has 3 aliphatic heterocycles. The third kappa shape index (κ3) is 5.18. The van der Waals surface area contributed by atoms with Gasteiger partial charge in [0.25, 0.3) is 0 Å². The second kappa shape index (κ2) is 12.3. The molecule has 4 rings (SSSR count). The molecule has 2 bridgehead atoms. The molecule has 3 amide bonds. The second-order valence-electron chi connectivity index (χ2n) is 11.4. The standard InChI is InChI=1S/C31H43N3O4S/c1-6-15-32(20-23-13-9-8-10-14-23)28(36)25-24-19-22(5)31(39-24)26(25)29(37)34(17-11-12-18-35)27(31)30(38)33(16-7-2)21(3)4/h6-10,13-14,21-22,24-27,35H,1-2,11-12,15-20H2,3-5H3/t22?,24-,25+,26+,27?,31?/m1/s1. The molecular formula is C31H43N3O4S. The molecule has 39 heavy (non-hydrogen) atoms. The predicted octanol–water partition coefficient (Wildman–Crippen LogP) is 3.73. The van der Waals surface area contributed by atoms with Crippen LogP contribution in [0.2, 0.25) is 0 Å². The van der Waals surface area contributed by atoms with E-state index in [1.807, 2.05) is 49.1 Å². The average Bonchev–Trinajstić information content (AvgIpc) is 3.50. The van der Waals surface area contributed by atoms with Gasteiger partial charge in [0.05, 0.1) is 16.6 Å². The average molecular weight is 554 g/mol. The highest BCUT2D eigenvalue weighted by molar-refractivity contribution is 8.02. The molecule has 8 heteroatoms. The van der Waals surface area contributed by atoms with Crippen LogP contribution in [0.5, 0.6) is 0 Å². The van der Waals surface area contributed by atoms with Crippen molar-refractivity contribution >= 4 is 29.5 Å². The van der Waals surface area contributed by atoms with E-state index >= 15 is 0 Å². The number of hydrogen-bond donors (Lipinski definition) is 1. The Kier molecular flexibility index (Phi) is 9.27. The summed E-state index contributed by atoms with van der Waals surface area (Å²) in [4.78, 5) is 48.2. The van der Waals surface area contributed by atoms with Gasteiger partial charge in [-0.15, -0.1) is 24.9 Å². The number of amides is 3. The number of aliphatic hydroxyl groups excluding tert-OH is 1. The Bertz CT molecular complexity index is 1080. The molecule has 3 fully saturated rings. The van der Waals surface area contributed by atoms with E-state index in [4.69, 9.17) is 0 Å². The zero-order valence-electron chi connectivity index (χ0n) is 23.5. The van der Waals surface area contributed by atoms with Crippen LogP contribution in [0.3, 0.4) is 0 Å². The maximum atomic E-state index is 14.3. The summed E-state index contributed by atoms with van der Waals surface area (Å²) < 4.78 is -0.653. The summed E-state index contributed by atoms with van der Waals surface area (Å²) in [5.74, 6) is -1.10. The van der Waals surface area contributed by atoms with E-state index < -0.39 is 22.6 Å². The monoisotopic (exact) mass is 553 g/mol. The van der Waals surface area contributed by atoms with Gasteiger partial charge in [-0.25, -0.2) is 0 Å². The van der Waals surface area contributed by atoms with Gasteiger partial charge in [0.2, 0.25) is 17.7 Å². The van der Waals surface area contributed by atoms with Crippen molar-refractivity contribution in [2.24, 2.45) is 17.8 Å². The molecule has 0 saturated carbocycles. The minimum absolute atomic E-state index is 0.00802. The van der Waals surface area contributed by atoms with Crippen LogP contribution >= 0.6 is 11.8 Å². The first-order chi connectivity index (χ1) is 18.7. The van der Waals surface area contributed by atoms with Crippen molar-refractivity contribution < 1.29 is 19.5 Å². The molecule has 212 valence electrons. The molecule has 6 atom stereocenters. The molecule has 1 aromatic carbocycles. The van der Waals surface area contributed by atoms with Gasteiger partial charge in [0.1, 0.15) is 6.04 Å². The Morgan fingerprint density at radius 2 is 1.85 bits per heavy atom. The number of carbonyl (C=O) groups is 3. The first kappa shape index (κ1) is 29.4. The number of carbonyl (C=O) groups excluding carboxylic acids is 3. The van der Waals surface area contributed by atoms with Crippen molar-refractivity contribution in [2.75, 3.05) is 26.2 Å². The Balaban J connectivity index is 1.73. The molecule has 3 unspecified atom stereocenters. The third-order valence-electron chi connectivity index (χ3n) is 8.68. The van der Waals surface area contributed by atoms with E-state index in [0.717, 1.165) is 12.0 Å². The van der Waals surface area contributed by atoms with Crippen LogP contribution in [0.25, 0.3) is 0 Å². The number of nitrogens with zero attached hydrogens (tertiary/aromatic N) is 3. The van der Waals surface area contributed by atoms with Gasteiger partial charge in [0, 0.05) is 44.1 Å². The minimum atomic E-state index is -0.653. The summed E-state index contributed by atoms with van der Waals surface area (Å²) in [6.45, 7) is 15.5. The van der Waals surface area contributed by atoms with Crippen LogP contribution in [-0.4, -0.2) is 85.8 Å². The minimum Gasteiger partial charge on any atom is -0.396 e. The summed E-state index contributed by atoms with van der Waals surface area (Å²) in [7, 11) is 0. The first-order valence-corrected chi connectivity index (χ1v) is 15.0. The van der Waals surface area contributed by atoms with Crippen LogP contribution in [0.4, 0.5) is 0 Å². The molecule has 0 aliphatic carbocycles. The number of hydrogen-bond acceptors (Lipinski definition) is 5. The zero-order chi connectivity index (χ0) is 28.3. The third-order valence-corrected chi connectivity index (χ3v) is 10.8. The van der Waals surface area contributed by atoms with Crippen molar-refractivity contribution in [3.05, 3.63) is 61.2 Å². The first-order valence-electron chi connectivity index (χ1n) is 14.2. The zero-order valence-corrected chi connectivity index (χ0v) is 24.3. The van der Waals surface area contributed by atoms with Gasteiger partial charge in [-0.2, -0.15) is 0 Å². The molecule has 0 aromatic heterocycles. The molecule has 3 saturated heterocycles. The van der Waals surface area contributed by atoms with E-state index in [1.54, 1.807) is 33.7 Å². The molecule has 7 nitrogen and oxygen atoms in total. The maximum Gasteiger partial charge on any atom is 0.247 e. The number of aliphatic hydroxyl groups is 1. The SMILES string of the molecule is C=CCN(Cc1ccccc1)C(=O)[C@@H]1[C@H]2C(=O)N(CCCCO)C(C(=O)N(CC=C)C(C)C)C23S[C@@H]1CC3C. The normalized spacial score (nSPS) is 29.0. The van der Waals surface area contributed by atoms with Gasteiger partial charge in [0.15, 0.2) is 0 Å². The fourth-order valence-corrected chi connectivity index (χ4v) is 9.38. The van der Waals surface area contributed by atoms with Crippen LogP contribution in [0, 0.1) is 17.8 Å². The highest BCUT2D eigenvalue weighted by atomic mass is 32.2. The Morgan fingerprint density at radius 3 is 2.46 bits per heavy atom. The van der Waals surface area contributed by atoms with E-state index in [1.165, 1.54) is 0 Å². The van der Waals surface area contributed by atoms with E-state index in [0.29, 0.717) is 39.0 Å². The van der Waals surface area contributed by atoms with E-state index in [-0.39, 0.29) is 41.5 Å². The molecule has 1 spiro atoms. The largest absolute Gasteiger partial charge is 0.396 e. The Labute approximate surface area is 237 Å². The number of fused-ring (bicyclic) bond motifs is 1. The fraction of sp³-hybridized carbons (Fsp3) is 0.581. The lowest BCUT2D eigenvalue weighted by Gasteiger charge is -2.41. The van der Waals surface area contributed by atoms with Crippen molar-refractivity contribution in [1.82, 2.24) is 14.7 Å². The number of thioether (sulfide) groups is 1. The van der Waals surface area contributed by atoms with Crippen molar-refractivity contribution in [1.29, 1.82) is 0 Å². The van der Waals surface area contributed by atoms with E-state index in [2.05, 4.69) is 20.1 Å². The summed E-state index contributed by atoms with van der Waals surface area (Å²) in [5, 5.41) is 9.41. The molecule has 0 radical (unpaired) electrons. The maximum absolute atomic E-state index is 14.3. The number of unbranched alkanes of at least 4 members (excludes halogenated alkanes) is 1. The summed E-state index contributed by atoms with van der Waals surface area (Å²) >= 11 is 1.71. The Morgan fingerprint density at radius 1 is 1.15 bits per heavy atom. The highest BCUT2D eigenvalue weighted by Gasteiger charge is 2.76. The quantitative estimate of drug-likeness (QED) is 0.297. The summed E-state index contributed by atoms with van der Waals surface area (Å²) in [6, 6.07) is 9.18. The van der Waals surface area contributed by atoms with Crippen molar-refractivity contribution in [2.45, 2.75) is 68.7 Å². The predicted molar refractivity (Wildman–Crippen MR) is 156 cm³/mol. The topological polar surface area (TPSA) is 81.2 Å². The molecular weight excluding hydrogens is 510 g/mol. The smallest absolute Gasteiger partial charge is 0.247 e. The van der Waals surface area contributed by atoms with Gasteiger partial charge in [-0.1, -0.05) is 49.4 Å².